The van der Waals surface area contributed by atoms with Gasteiger partial charge in [0.25, 0.3) is 0 Å². The second kappa shape index (κ2) is 6.38. The Balaban J connectivity index is 2.14. The second-order valence-corrected chi connectivity index (χ2v) is 4.79. The maximum Gasteiger partial charge on any atom is 0.236 e. The van der Waals surface area contributed by atoms with Gasteiger partial charge in [-0.2, -0.15) is 0 Å². The van der Waals surface area contributed by atoms with Crippen LogP contribution in [0.5, 0.6) is 0 Å². The van der Waals surface area contributed by atoms with Gasteiger partial charge in [0.05, 0.1) is 0 Å². The monoisotopic (exact) mass is 302 g/mol. The van der Waals surface area contributed by atoms with Gasteiger partial charge in [-0.1, -0.05) is 23.2 Å². The van der Waals surface area contributed by atoms with E-state index in [9.17, 15) is 9.59 Å². The molecule has 0 radical (unpaired) electrons. The number of ketones is 2. The highest BCUT2D eigenvalue weighted by molar-refractivity contribution is 6.31. The van der Waals surface area contributed by atoms with Crippen molar-refractivity contribution in [2.45, 2.75) is 0 Å². The zero-order valence-electron chi connectivity index (χ0n) is 10.2. The summed E-state index contributed by atoms with van der Waals surface area (Å²) in [6.45, 7) is 0. The second-order valence-electron chi connectivity index (χ2n) is 3.92. The zero-order chi connectivity index (χ0) is 14.5. The highest BCUT2D eigenvalue weighted by Crippen LogP contribution is 2.11. The molecular weight excluding hydrogens is 295 g/mol. The molecule has 0 aromatic heterocycles. The van der Waals surface area contributed by atoms with E-state index in [-0.39, 0.29) is 0 Å². The zero-order valence-corrected chi connectivity index (χ0v) is 11.7. The number of rotatable bonds is 2. The largest absolute Gasteiger partial charge is 0.279 e. The van der Waals surface area contributed by atoms with Crippen LogP contribution in [-0.4, -0.2) is 11.6 Å². The number of benzene rings is 2. The molecule has 0 bridgehead atoms. The number of Topliss-reactive ketones (excluding diaryl/α,β-unsaturated/α-hetero) is 2. The first kappa shape index (κ1) is 14.3. The summed E-state index contributed by atoms with van der Waals surface area (Å²) in [7, 11) is 0. The van der Waals surface area contributed by atoms with Crippen molar-refractivity contribution in [3.63, 3.8) is 0 Å². The lowest BCUT2D eigenvalue weighted by molar-refractivity contribution is 0.103. The summed E-state index contributed by atoms with van der Waals surface area (Å²) in [6.07, 6.45) is 0. The lowest BCUT2D eigenvalue weighted by Gasteiger charge is -1.94. The smallest absolute Gasteiger partial charge is 0.236 e. The van der Waals surface area contributed by atoms with Crippen LogP contribution in [0.15, 0.2) is 48.5 Å². The van der Waals surface area contributed by atoms with E-state index in [0.29, 0.717) is 21.2 Å². The van der Waals surface area contributed by atoms with Gasteiger partial charge < -0.3 is 0 Å². The molecule has 0 fully saturated rings. The van der Waals surface area contributed by atoms with Gasteiger partial charge in [0.1, 0.15) is 0 Å². The van der Waals surface area contributed by atoms with E-state index in [2.05, 4.69) is 11.8 Å². The molecule has 2 nitrogen and oxygen atoms in total. The van der Waals surface area contributed by atoms with Crippen molar-refractivity contribution in [3.05, 3.63) is 69.7 Å². The molecule has 0 atom stereocenters. The summed E-state index contributed by atoms with van der Waals surface area (Å²) in [5.41, 5.74) is 0.789. The van der Waals surface area contributed by atoms with Crippen LogP contribution in [0.3, 0.4) is 0 Å². The molecule has 0 aliphatic carbocycles. The summed E-state index contributed by atoms with van der Waals surface area (Å²) in [5.74, 6) is 3.78. The molecule has 0 aliphatic rings. The predicted octanol–water partition coefficient (Wildman–Crippen LogP) is 4.06. The van der Waals surface area contributed by atoms with Gasteiger partial charge in [0.15, 0.2) is 0 Å². The molecule has 98 valence electrons. The maximum absolute atomic E-state index is 11.8. The number of carbonyl (C=O) groups is 2. The van der Waals surface area contributed by atoms with Gasteiger partial charge in [-0.3, -0.25) is 9.59 Å². The van der Waals surface area contributed by atoms with Crippen molar-refractivity contribution in [1.29, 1.82) is 0 Å². The molecule has 2 aromatic carbocycles. The Bertz CT molecular complexity index is 643. The summed E-state index contributed by atoms with van der Waals surface area (Å²) in [4.78, 5) is 23.5. The standard InChI is InChI=1S/C16H8Cl2O2/c17-13-5-1-11(2-6-13)15(19)9-10-16(20)12-3-7-14(18)8-4-12/h1-8H. The minimum atomic E-state index is -0.427. The Labute approximate surface area is 126 Å². The number of hydrogen-bond acceptors (Lipinski definition) is 2. The normalized spacial score (nSPS) is 9.50. The topological polar surface area (TPSA) is 34.1 Å². The van der Waals surface area contributed by atoms with Crippen molar-refractivity contribution >= 4 is 34.8 Å². The summed E-state index contributed by atoms with van der Waals surface area (Å²) < 4.78 is 0. The minimum Gasteiger partial charge on any atom is -0.279 e. The van der Waals surface area contributed by atoms with E-state index in [1.165, 1.54) is 0 Å². The van der Waals surface area contributed by atoms with Crippen LogP contribution in [0, 0.1) is 11.8 Å². The minimum absolute atomic E-state index is 0.394. The number of hydrogen-bond donors (Lipinski definition) is 0. The Morgan fingerprint density at radius 1 is 0.650 bits per heavy atom. The lowest BCUT2D eigenvalue weighted by Crippen LogP contribution is -1.98. The molecular formula is C16H8Cl2O2. The van der Waals surface area contributed by atoms with Crippen molar-refractivity contribution < 1.29 is 9.59 Å². The van der Waals surface area contributed by atoms with Crippen LogP contribution in [-0.2, 0) is 0 Å². The molecule has 0 aliphatic heterocycles. The summed E-state index contributed by atoms with van der Waals surface area (Å²) >= 11 is 11.4. The van der Waals surface area contributed by atoms with Crippen LogP contribution in [0.4, 0.5) is 0 Å². The SMILES string of the molecule is O=C(C#CC(=O)c1ccc(Cl)cc1)c1ccc(Cl)cc1. The van der Waals surface area contributed by atoms with Crippen molar-refractivity contribution in [2.24, 2.45) is 0 Å². The molecule has 2 aromatic rings. The molecule has 0 unspecified atom stereocenters. The van der Waals surface area contributed by atoms with Gasteiger partial charge in [-0.25, -0.2) is 0 Å². The Morgan fingerprint density at radius 2 is 0.950 bits per heavy atom. The van der Waals surface area contributed by atoms with Crippen molar-refractivity contribution in [2.75, 3.05) is 0 Å². The highest BCUT2D eigenvalue weighted by atomic mass is 35.5. The number of halogens is 2. The van der Waals surface area contributed by atoms with E-state index in [4.69, 9.17) is 23.2 Å². The fourth-order valence-electron chi connectivity index (χ4n) is 1.46. The van der Waals surface area contributed by atoms with E-state index in [1.54, 1.807) is 48.5 Å². The van der Waals surface area contributed by atoms with Gasteiger partial charge >= 0.3 is 0 Å². The Hall–Kier alpha value is -2.08. The fourth-order valence-corrected chi connectivity index (χ4v) is 1.71. The first-order chi connectivity index (χ1) is 9.56. The molecule has 0 spiro atoms. The van der Waals surface area contributed by atoms with E-state index in [0.717, 1.165) is 0 Å². The molecule has 0 amide bonds. The first-order valence-electron chi connectivity index (χ1n) is 5.68. The molecule has 0 saturated heterocycles. The Morgan fingerprint density at radius 3 is 1.25 bits per heavy atom. The average molecular weight is 303 g/mol. The van der Waals surface area contributed by atoms with Gasteiger partial charge in [0.2, 0.25) is 11.6 Å². The van der Waals surface area contributed by atoms with E-state index in [1.807, 2.05) is 0 Å². The van der Waals surface area contributed by atoms with Crippen LogP contribution in [0.25, 0.3) is 0 Å². The van der Waals surface area contributed by atoms with Crippen LogP contribution >= 0.6 is 23.2 Å². The fraction of sp³-hybridized carbons (Fsp3) is 0. The average Bonchev–Trinajstić information content (AvgIpc) is 2.46. The van der Waals surface area contributed by atoms with Gasteiger partial charge in [-0.15, -0.1) is 0 Å². The third-order valence-corrected chi connectivity index (χ3v) is 3.01. The third-order valence-electron chi connectivity index (χ3n) is 2.50. The van der Waals surface area contributed by atoms with Crippen molar-refractivity contribution in [3.8, 4) is 11.8 Å². The number of carbonyl (C=O) groups excluding carboxylic acids is 2. The molecule has 4 heteroatoms. The lowest BCUT2D eigenvalue weighted by atomic mass is 10.1. The van der Waals surface area contributed by atoms with E-state index < -0.39 is 11.6 Å². The predicted molar refractivity (Wildman–Crippen MR) is 79.3 cm³/mol. The first-order valence-corrected chi connectivity index (χ1v) is 6.43. The Kier molecular flexibility index (Phi) is 4.57. The third kappa shape index (κ3) is 3.71. The summed E-state index contributed by atoms with van der Waals surface area (Å²) in [6, 6.07) is 12.6. The maximum atomic E-state index is 11.8. The highest BCUT2D eigenvalue weighted by Gasteiger charge is 2.04. The van der Waals surface area contributed by atoms with Gasteiger partial charge in [-0.05, 0) is 60.4 Å². The van der Waals surface area contributed by atoms with Crippen molar-refractivity contribution in [1.82, 2.24) is 0 Å². The quantitative estimate of drug-likeness (QED) is 0.476. The molecule has 20 heavy (non-hydrogen) atoms. The van der Waals surface area contributed by atoms with Gasteiger partial charge in [0, 0.05) is 21.2 Å². The molecule has 0 heterocycles. The van der Waals surface area contributed by atoms with Crippen LogP contribution in [0.1, 0.15) is 20.7 Å². The molecule has 2 rings (SSSR count). The molecule has 0 saturated carbocycles. The summed E-state index contributed by atoms with van der Waals surface area (Å²) in [5, 5.41) is 1.07. The van der Waals surface area contributed by atoms with Crippen LogP contribution in [0.2, 0.25) is 10.0 Å². The van der Waals surface area contributed by atoms with E-state index >= 15 is 0 Å². The molecule has 0 N–H and O–H groups in total. The van der Waals surface area contributed by atoms with Crippen LogP contribution < -0.4 is 0 Å².